The van der Waals surface area contributed by atoms with Gasteiger partial charge in [0.25, 0.3) is 17.4 Å². The van der Waals surface area contributed by atoms with Crippen LogP contribution in [0, 0.1) is 11.3 Å². The van der Waals surface area contributed by atoms with Crippen LogP contribution in [0.2, 0.25) is 5.02 Å². The van der Waals surface area contributed by atoms with E-state index in [2.05, 4.69) is 4.90 Å². The van der Waals surface area contributed by atoms with Crippen LogP contribution in [0.25, 0.3) is 0 Å². The highest BCUT2D eigenvalue weighted by Gasteiger charge is 2.62. The van der Waals surface area contributed by atoms with E-state index >= 15 is 0 Å². The number of hydrogen-bond acceptors (Lipinski definition) is 5. The van der Waals surface area contributed by atoms with Crippen LogP contribution in [-0.2, 0) is 10.4 Å². The molecule has 1 unspecified atom stereocenters. The van der Waals surface area contributed by atoms with E-state index in [4.69, 9.17) is 16.3 Å². The fraction of sp³-hybridized carbons (Fsp3) is 0.548. The van der Waals surface area contributed by atoms with Crippen molar-refractivity contribution in [3.8, 4) is 5.75 Å². The molecule has 0 aromatic heterocycles. The van der Waals surface area contributed by atoms with E-state index in [1.54, 1.807) is 18.0 Å². The predicted molar refractivity (Wildman–Crippen MR) is 156 cm³/mol. The molecule has 0 radical (unpaired) electrons. The maximum absolute atomic E-state index is 14.1. The lowest BCUT2D eigenvalue weighted by molar-refractivity contribution is -0.261. The summed E-state index contributed by atoms with van der Waals surface area (Å²) < 4.78 is 47.3. The Hall–Kier alpha value is -2.98. The minimum Gasteiger partial charge on any atom is -0.497 e. The standard InChI is InChI=1S/C31H39ClF3N3O4/c1-20(2)37(4)27(39)25-10-9-23(18-26(25)32)38-15-12-29(13-16-38)19-22(29)11-14-36(3)28(40)30(41,31(33,34)35)21-7-6-8-24(17-21)42-5/h6-10,17-18,20,22,41H,11-16,19H2,1-5H3/t22?,30-/m1/s1. The van der Waals surface area contributed by atoms with Crippen LogP contribution in [0.4, 0.5) is 18.9 Å². The fourth-order valence-corrected chi connectivity index (χ4v) is 6.20. The van der Waals surface area contributed by atoms with Crippen molar-refractivity contribution < 1.29 is 32.6 Å². The first-order valence-electron chi connectivity index (χ1n) is 14.2. The second kappa shape index (κ2) is 12.0. The number of hydrogen-bond donors (Lipinski definition) is 1. The molecule has 42 heavy (non-hydrogen) atoms. The number of ether oxygens (including phenoxy) is 1. The molecule has 1 saturated heterocycles. The highest BCUT2D eigenvalue weighted by atomic mass is 35.5. The van der Waals surface area contributed by atoms with Crippen molar-refractivity contribution in [2.45, 2.75) is 57.3 Å². The molecule has 2 amide bonds. The molecule has 2 fully saturated rings. The molecule has 2 atom stereocenters. The van der Waals surface area contributed by atoms with Crippen LogP contribution >= 0.6 is 11.6 Å². The summed E-state index contributed by atoms with van der Waals surface area (Å²) in [6, 6.07) is 10.4. The van der Waals surface area contributed by atoms with E-state index < -0.39 is 23.2 Å². The fourth-order valence-electron chi connectivity index (χ4n) is 5.95. The van der Waals surface area contributed by atoms with Gasteiger partial charge in [-0.25, -0.2) is 0 Å². The van der Waals surface area contributed by atoms with Crippen LogP contribution in [-0.4, -0.2) is 79.8 Å². The Bertz CT molecular complexity index is 1310. The number of alkyl halides is 3. The summed E-state index contributed by atoms with van der Waals surface area (Å²) >= 11 is 6.49. The first-order chi connectivity index (χ1) is 19.6. The third-order valence-corrected chi connectivity index (χ3v) is 9.44. The Morgan fingerprint density at radius 3 is 2.38 bits per heavy atom. The lowest BCUT2D eigenvalue weighted by Gasteiger charge is -2.35. The van der Waals surface area contributed by atoms with E-state index in [1.165, 1.54) is 26.3 Å². The summed E-state index contributed by atoms with van der Waals surface area (Å²) in [6.07, 6.45) is -1.87. The third kappa shape index (κ3) is 6.06. The van der Waals surface area contributed by atoms with Crippen molar-refractivity contribution in [2.24, 2.45) is 11.3 Å². The van der Waals surface area contributed by atoms with Gasteiger partial charge in [-0.2, -0.15) is 13.2 Å². The van der Waals surface area contributed by atoms with Gasteiger partial charge >= 0.3 is 6.18 Å². The average molecular weight is 610 g/mol. The number of carbonyl (C=O) groups is 2. The molecule has 2 aromatic rings. The van der Waals surface area contributed by atoms with E-state index in [0.717, 1.165) is 55.1 Å². The molecule has 1 heterocycles. The number of methoxy groups -OCH3 is 1. The van der Waals surface area contributed by atoms with Crippen molar-refractivity contribution in [1.82, 2.24) is 9.80 Å². The van der Waals surface area contributed by atoms with Gasteiger partial charge in [0.2, 0.25) is 0 Å². The number of aliphatic hydroxyl groups is 1. The summed E-state index contributed by atoms with van der Waals surface area (Å²) in [5, 5.41) is 11.2. The van der Waals surface area contributed by atoms with Gasteiger partial charge in [-0.3, -0.25) is 9.59 Å². The average Bonchev–Trinajstić information content (AvgIpc) is 3.64. The largest absolute Gasteiger partial charge is 0.497 e. The number of likely N-dealkylation sites (N-methyl/N-ethyl adjacent to an activating group) is 1. The summed E-state index contributed by atoms with van der Waals surface area (Å²) in [5.41, 5.74) is -2.73. The summed E-state index contributed by atoms with van der Waals surface area (Å²) in [5.74, 6) is -1.13. The Balaban J connectivity index is 1.34. The zero-order chi connectivity index (χ0) is 31.0. The topological polar surface area (TPSA) is 73.3 Å². The minimum atomic E-state index is -5.21. The maximum Gasteiger partial charge on any atom is 0.430 e. The Morgan fingerprint density at radius 1 is 1.14 bits per heavy atom. The van der Waals surface area contributed by atoms with Crippen molar-refractivity contribution >= 4 is 29.1 Å². The maximum atomic E-state index is 14.1. The smallest absolute Gasteiger partial charge is 0.430 e. The molecule has 11 heteroatoms. The third-order valence-electron chi connectivity index (χ3n) is 9.13. The number of halogens is 4. The molecule has 7 nitrogen and oxygen atoms in total. The van der Waals surface area contributed by atoms with Gasteiger partial charge in [0.1, 0.15) is 5.75 Å². The van der Waals surface area contributed by atoms with Crippen LogP contribution < -0.4 is 9.64 Å². The van der Waals surface area contributed by atoms with Gasteiger partial charge < -0.3 is 24.5 Å². The van der Waals surface area contributed by atoms with E-state index in [-0.39, 0.29) is 29.7 Å². The molecule has 1 spiro atoms. The van der Waals surface area contributed by atoms with Crippen LogP contribution in [0.1, 0.15) is 55.5 Å². The molecule has 4 rings (SSSR count). The summed E-state index contributed by atoms with van der Waals surface area (Å²) in [6.45, 7) is 5.58. The number of rotatable bonds is 9. The molecule has 0 bridgehead atoms. The number of piperidine rings is 1. The molecule has 1 N–H and O–H groups in total. The predicted octanol–water partition coefficient (Wildman–Crippen LogP) is 5.73. The monoisotopic (exact) mass is 609 g/mol. The minimum absolute atomic E-state index is 0.0553. The second-order valence-electron chi connectivity index (χ2n) is 11.9. The highest BCUT2D eigenvalue weighted by Crippen LogP contribution is 2.61. The van der Waals surface area contributed by atoms with Crippen LogP contribution in [0.15, 0.2) is 42.5 Å². The van der Waals surface area contributed by atoms with Crippen molar-refractivity contribution in [1.29, 1.82) is 0 Å². The normalized spacial score (nSPS) is 19.4. The quantitative estimate of drug-likeness (QED) is 0.393. The molecule has 230 valence electrons. The second-order valence-corrected chi connectivity index (χ2v) is 12.3. The van der Waals surface area contributed by atoms with Gasteiger partial charge in [-0.05, 0) is 81.2 Å². The Morgan fingerprint density at radius 2 is 1.81 bits per heavy atom. The van der Waals surface area contributed by atoms with E-state index in [9.17, 15) is 27.9 Å². The number of amides is 2. The van der Waals surface area contributed by atoms with Crippen molar-refractivity contribution in [3.63, 3.8) is 0 Å². The van der Waals surface area contributed by atoms with Gasteiger partial charge in [-0.1, -0.05) is 23.7 Å². The Kier molecular flexibility index (Phi) is 9.09. The van der Waals surface area contributed by atoms with Crippen molar-refractivity contribution in [3.05, 3.63) is 58.6 Å². The van der Waals surface area contributed by atoms with Gasteiger partial charge in [-0.15, -0.1) is 0 Å². The van der Waals surface area contributed by atoms with Crippen LogP contribution in [0.3, 0.4) is 0 Å². The van der Waals surface area contributed by atoms with E-state index in [0.29, 0.717) is 22.9 Å². The SMILES string of the molecule is COc1cccc([C@@](O)(C(=O)N(C)CCC2CC23CCN(c2ccc(C(=O)N(C)C(C)C)c(Cl)c2)CC3)C(F)(F)F)c1. The molecule has 1 saturated carbocycles. The first-order valence-corrected chi connectivity index (χ1v) is 14.5. The molecule has 2 aliphatic rings. The zero-order valence-electron chi connectivity index (χ0n) is 24.7. The molecular formula is C31H39ClF3N3O4. The van der Waals surface area contributed by atoms with Gasteiger partial charge in [0, 0.05) is 51.0 Å². The molecule has 1 aliphatic carbocycles. The van der Waals surface area contributed by atoms with Gasteiger partial charge in [0.15, 0.2) is 0 Å². The zero-order valence-corrected chi connectivity index (χ0v) is 25.4. The molecule has 2 aromatic carbocycles. The lowest BCUT2D eigenvalue weighted by atomic mass is 9.89. The van der Waals surface area contributed by atoms with Crippen molar-refractivity contribution in [2.75, 3.05) is 45.7 Å². The van der Waals surface area contributed by atoms with E-state index in [1.807, 2.05) is 26.0 Å². The first kappa shape index (κ1) is 31.9. The van der Waals surface area contributed by atoms with Crippen LogP contribution in [0.5, 0.6) is 5.75 Å². The highest BCUT2D eigenvalue weighted by molar-refractivity contribution is 6.34. The van der Waals surface area contributed by atoms with Gasteiger partial charge in [0.05, 0.1) is 17.7 Å². The lowest BCUT2D eigenvalue weighted by Crippen LogP contribution is -2.55. The summed E-state index contributed by atoms with van der Waals surface area (Å²) in [7, 11) is 4.35. The Labute approximate surface area is 250 Å². The summed E-state index contributed by atoms with van der Waals surface area (Å²) in [4.78, 5) is 30.6. The number of anilines is 1. The number of carbonyl (C=O) groups excluding carboxylic acids is 2. The molecule has 1 aliphatic heterocycles. The number of nitrogens with zero attached hydrogens (tertiary/aromatic N) is 3. The number of benzene rings is 2. The molecular weight excluding hydrogens is 571 g/mol.